The van der Waals surface area contributed by atoms with E-state index in [-0.39, 0.29) is 17.0 Å². The van der Waals surface area contributed by atoms with Gasteiger partial charge in [0.1, 0.15) is 11.6 Å². The Morgan fingerprint density at radius 3 is 2.95 bits per heavy atom. The molecule has 0 saturated heterocycles. The molecule has 19 heavy (non-hydrogen) atoms. The normalized spacial score (nSPS) is 10.7. The lowest BCUT2D eigenvalue weighted by Crippen LogP contribution is -2.13. The number of nitrogens with one attached hydrogen (secondary N) is 1. The number of H-pyrrole nitrogens is 1. The van der Waals surface area contributed by atoms with E-state index in [9.17, 15) is 9.18 Å². The molecule has 0 bridgehead atoms. The summed E-state index contributed by atoms with van der Waals surface area (Å²) >= 11 is 5.72. The molecule has 100 valence electrons. The molecule has 0 aliphatic carbocycles. The van der Waals surface area contributed by atoms with Crippen molar-refractivity contribution in [1.29, 1.82) is 0 Å². The Morgan fingerprint density at radius 1 is 1.42 bits per heavy atom. The van der Waals surface area contributed by atoms with Crippen LogP contribution < -0.4 is 5.56 Å². The second-order valence-corrected chi connectivity index (χ2v) is 4.73. The summed E-state index contributed by atoms with van der Waals surface area (Å²) in [6.07, 6.45) is 1.86. The molecular formula is C14H14ClFN2O. The van der Waals surface area contributed by atoms with Crippen LogP contribution in [0.2, 0.25) is 5.02 Å². The average Bonchev–Trinajstić information content (AvgIpc) is 2.35. The molecule has 1 heterocycles. The number of rotatable bonds is 4. The largest absolute Gasteiger partial charge is 0.310 e. The fourth-order valence-corrected chi connectivity index (χ4v) is 2.09. The van der Waals surface area contributed by atoms with E-state index < -0.39 is 5.82 Å². The Morgan fingerprint density at radius 2 is 2.21 bits per heavy atom. The maximum Gasteiger partial charge on any atom is 0.251 e. The molecule has 0 fully saturated rings. The van der Waals surface area contributed by atoms with Crippen LogP contribution in [0.5, 0.6) is 0 Å². The van der Waals surface area contributed by atoms with Crippen LogP contribution in [-0.4, -0.2) is 9.97 Å². The highest BCUT2D eigenvalue weighted by atomic mass is 35.5. The van der Waals surface area contributed by atoms with Gasteiger partial charge in [-0.1, -0.05) is 37.1 Å². The first kappa shape index (κ1) is 13.7. The van der Waals surface area contributed by atoms with Gasteiger partial charge in [-0.3, -0.25) is 4.79 Å². The number of benzene rings is 1. The van der Waals surface area contributed by atoms with Gasteiger partial charge in [0.15, 0.2) is 0 Å². The van der Waals surface area contributed by atoms with Gasteiger partial charge in [0, 0.05) is 18.2 Å². The molecule has 0 aliphatic heterocycles. The Kier molecular flexibility index (Phi) is 4.32. The highest BCUT2D eigenvalue weighted by molar-refractivity contribution is 6.30. The van der Waals surface area contributed by atoms with Crippen LogP contribution in [0.1, 0.15) is 30.4 Å². The van der Waals surface area contributed by atoms with E-state index in [0.717, 1.165) is 18.5 Å². The minimum Gasteiger partial charge on any atom is -0.310 e. The Bertz CT molecular complexity index is 640. The Labute approximate surface area is 115 Å². The summed E-state index contributed by atoms with van der Waals surface area (Å²) in [6.45, 7) is 2.01. The summed E-state index contributed by atoms with van der Waals surface area (Å²) in [7, 11) is 0. The van der Waals surface area contributed by atoms with E-state index >= 15 is 0 Å². The van der Waals surface area contributed by atoms with Crippen molar-refractivity contribution in [2.24, 2.45) is 0 Å². The van der Waals surface area contributed by atoms with Crippen LogP contribution in [0, 0.1) is 5.82 Å². The zero-order chi connectivity index (χ0) is 13.8. The molecule has 0 saturated carbocycles. The number of nitrogens with zero attached hydrogens (tertiary/aromatic N) is 1. The molecule has 0 atom stereocenters. The zero-order valence-electron chi connectivity index (χ0n) is 10.5. The number of hydrogen-bond donors (Lipinski definition) is 1. The minimum atomic E-state index is -0.465. The topological polar surface area (TPSA) is 45.8 Å². The minimum absolute atomic E-state index is 0.0737. The fourth-order valence-electron chi connectivity index (χ4n) is 1.90. The summed E-state index contributed by atoms with van der Waals surface area (Å²) in [4.78, 5) is 18.5. The molecule has 2 aromatic rings. The predicted octanol–water partition coefficient (Wildman–Crippen LogP) is 3.11. The predicted molar refractivity (Wildman–Crippen MR) is 73.1 cm³/mol. The number of aryl methyl sites for hydroxylation is 1. The van der Waals surface area contributed by atoms with Crippen molar-refractivity contribution in [2.45, 2.75) is 26.2 Å². The van der Waals surface area contributed by atoms with Gasteiger partial charge < -0.3 is 4.98 Å². The van der Waals surface area contributed by atoms with Crippen molar-refractivity contribution in [3.05, 3.63) is 62.5 Å². The standard InChI is InChI=1S/C14H14ClFN2O/c1-2-4-10-8-13(19)18-12(17-10)7-9-5-3-6-11(15)14(9)16/h3,5-6,8H,2,4,7H2,1H3,(H,17,18,19). The SMILES string of the molecule is CCCc1cc(=O)[nH]c(Cc2cccc(Cl)c2F)n1. The van der Waals surface area contributed by atoms with Gasteiger partial charge in [0.2, 0.25) is 0 Å². The molecule has 0 unspecified atom stereocenters. The second kappa shape index (κ2) is 5.97. The van der Waals surface area contributed by atoms with Gasteiger partial charge in [-0.2, -0.15) is 0 Å². The van der Waals surface area contributed by atoms with Gasteiger partial charge in [0.05, 0.1) is 5.02 Å². The van der Waals surface area contributed by atoms with Crippen LogP contribution in [0.25, 0.3) is 0 Å². The third-order valence-corrected chi connectivity index (χ3v) is 3.03. The summed E-state index contributed by atoms with van der Waals surface area (Å²) < 4.78 is 13.8. The van der Waals surface area contributed by atoms with E-state index in [1.54, 1.807) is 12.1 Å². The van der Waals surface area contributed by atoms with Gasteiger partial charge >= 0.3 is 0 Å². The average molecular weight is 281 g/mol. The molecule has 0 spiro atoms. The lowest BCUT2D eigenvalue weighted by atomic mass is 10.1. The van der Waals surface area contributed by atoms with Crippen LogP contribution in [-0.2, 0) is 12.8 Å². The van der Waals surface area contributed by atoms with E-state index in [4.69, 9.17) is 11.6 Å². The maximum atomic E-state index is 13.8. The first-order valence-electron chi connectivity index (χ1n) is 6.12. The fraction of sp³-hybridized carbons (Fsp3) is 0.286. The molecule has 3 nitrogen and oxygen atoms in total. The van der Waals surface area contributed by atoms with Crippen molar-refractivity contribution in [3.8, 4) is 0 Å². The highest BCUT2D eigenvalue weighted by Gasteiger charge is 2.09. The van der Waals surface area contributed by atoms with E-state index in [0.29, 0.717) is 11.4 Å². The van der Waals surface area contributed by atoms with Crippen molar-refractivity contribution < 1.29 is 4.39 Å². The number of aromatic nitrogens is 2. The second-order valence-electron chi connectivity index (χ2n) is 4.32. The number of aromatic amines is 1. The van der Waals surface area contributed by atoms with E-state index in [1.165, 1.54) is 12.1 Å². The van der Waals surface area contributed by atoms with Gasteiger partial charge in [-0.25, -0.2) is 9.37 Å². The summed E-state index contributed by atoms with van der Waals surface area (Å²) in [5.41, 5.74) is 0.934. The lowest BCUT2D eigenvalue weighted by molar-refractivity contribution is 0.612. The van der Waals surface area contributed by atoms with Crippen molar-refractivity contribution in [1.82, 2.24) is 9.97 Å². The lowest BCUT2D eigenvalue weighted by Gasteiger charge is -2.05. The number of halogens is 2. The summed E-state index contributed by atoms with van der Waals surface area (Å²) in [5.74, 6) is -0.00942. The van der Waals surface area contributed by atoms with Crippen LogP contribution in [0.4, 0.5) is 4.39 Å². The van der Waals surface area contributed by atoms with Crippen LogP contribution in [0.3, 0.4) is 0 Å². The van der Waals surface area contributed by atoms with Crippen LogP contribution >= 0.6 is 11.6 Å². The first-order chi connectivity index (χ1) is 9.10. The third kappa shape index (κ3) is 3.41. The molecule has 1 N–H and O–H groups in total. The van der Waals surface area contributed by atoms with Gasteiger partial charge in [-0.05, 0) is 18.1 Å². The smallest absolute Gasteiger partial charge is 0.251 e. The van der Waals surface area contributed by atoms with Crippen molar-refractivity contribution in [2.75, 3.05) is 0 Å². The third-order valence-electron chi connectivity index (χ3n) is 2.74. The Balaban J connectivity index is 2.32. The molecule has 1 aromatic heterocycles. The molecule has 1 aromatic carbocycles. The molecule has 5 heteroatoms. The quantitative estimate of drug-likeness (QED) is 0.935. The van der Waals surface area contributed by atoms with Crippen molar-refractivity contribution >= 4 is 11.6 Å². The molecule has 0 radical (unpaired) electrons. The summed E-state index contributed by atoms with van der Waals surface area (Å²) in [5, 5.41) is 0.0737. The molecule has 2 rings (SSSR count). The van der Waals surface area contributed by atoms with Crippen LogP contribution in [0.15, 0.2) is 29.1 Å². The zero-order valence-corrected chi connectivity index (χ0v) is 11.3. The van der Waals surface area contributed by atoms with E-state index in [1.807, 2.05) is 6.92 Å². The number of hydrogen-bond acceptors (Lipinski definition) is 2. The highest BCUT2D eigenvalue weighted by Crippen LogP contribution is 2.19. The summed E-state index contributed by atoms with van der Waals surface area (Å²) in [6, 6.07) is 6.27. The van der Waals surface area contributed by atoms with Gasteiger partial charge in [0.25, 0.3) is 5.56 Å². The molecular weight excluding hydrogens is 267 g/mol. The Hall–Kier alpha value is -1.68. The maximum absolute atomic E-state index is 13.8. The van der Waals surface area contributed by atoms with Crippen molar-refractivity contribution in [3.63, 3.8) is 0 Å². The monoisotopic (exact) mass is 280 g/mol. The first-order valence-corrected chi connectivity index (χ1v) is 6.50. The molecule has 0 amide bonds. The van der Waals surface area contributed by atoms with E-state index in [2.05, 4.69) is 9.97 Å². The van der Waals surface area contributed by atoms with Gasteiger partial charge in [-0.15, -0.1) is 0 Å². The molecule has 0 aliphatic rings.